The van der Waals surface area contributed by atoms with E-state index in [1.54, 1.807) is 6.20 Å². The van der Waals surface area contributed by atoms with Crippen molar-refractivity contribution in [1.29, 1.82) is 0 Å². The second-order valence-electron chi connectivity index (χ2n) is 5.22. The van der Waals surface area contributed by atoms with Gasteiger partial charge in [-0.2, -0.15) is 10.1 Å². The monoisotopic (exact) mass is 305 g/mol. The molecule has 2 aromatic carbocycles. The summed E-state index contributed by atoms with van der Waals surface area (Å²) in [5.74, 6) is 1.26. The maximum atomic E-state index is 4.59. The lowest BCUT2D eigenvalue weighted by molar-refractivity contribution is 0.887. The number of benzene rings is 2. The highest BCUT2D eigenvalue weighted by atomic mass is 15.3. The Morgan fingerprint density at radius 1 is 1.04 bits per heavy atom. The van der Waals surface area contributed by atoms with E-state index in [4.69, 9.17) is 0 Å². The van der Waals surface area contributed by atoms with Gasteiger partial charge < -0.3 is 10.2 Å². The third kappa shape index (κ3) is 3.63. The van der Waals surface area contributed by atoms with Crippen LogP contribution in [0.3, 0.4) is 0 Å². The van der Waals surface area contributed by atoms with Crippen molar-refractivity contribution in [3.8, 4) is 0 Å². The fourth-order valence-electron chi connectivity index (χ4n) is 2.39. The van der Waals surface area contributed by atoms with E-state index in [1.165, 1.54) is 5.56 Å². The molecule has 5 heteroatoms. The van der Waals surface area contributed by atoms with Gasteiger partial charge in [-0.15, -0.1) is 5.10 Å². The van der Waals surface area contributed by atoms with Crippen molar-refractivity contribution in [2.24, 2.45) is 0 Å². The third-order valence-corrected chi connectivity index (χ3v) is 3.46. The van der Waals surface area contributed by atoms with Gasteiger partial charge in [0.15, 0.2) is 5.82 Å². The molecule has 1 N–H and O–H groups in total. The average molecular weight is 305 g/mol. The lowest BCUT2D eigenvalue weighted by atomic mass is 10.2. The molecule has 0 amide bonds. The average Bonchev–Trinajstić information content (AvgIpc) is 2.57. The number of para-hydroxylation sites is 1. The van der Waals surface area contributed by atoms with Crippen molar-refractivity contribution < 1.29 is 0 Å². The van der Waals surface area contributed by atoms with Crippen LogP contribution in [0.5, 0.6) is 0 Å². The second-order valence-corrected chi connectivity index (χ2v) is 5.22. The molecule has 23 heavy (non-hydrogen) atoms. The number of hydrogen-bond acceptors (Lipinski definition) is 5. The molecule has 0 bridgehead atoms. The van der Waals surface area contributed by atoms with Crippen molar-refractivity contribution in [2.75, 3.05) is 16.8 Å². The van der Waals surface area contributed by atoms with Crippen LogP contribution >= 0.6 is 0 Å². The van der Waals surface area contributed by atoms with Crippen LogP contribution in [0.1, 0.15) is 12.5 Å². The van der Waals surface area contributed by atoms with E-state index < -0.39 is 0 Å². The molecule has 0 unspecified atom stereocenters. The van der Waals surface area contributed by atoms with Gasteiger partial charge in [0.1, 0.15) is 0 Å². The summed E-state index contributed by atoms with van der Waals surface area (Å²) in [5, 5.41) is 11.5. The van der Waals surface area contributed by atoms with Crippen molar-refractivity contribution in [1.82, 2.24) is 15.2 Å². The summed E-state index contributed by atoms with van der Waals surface area (Å²) in [6.45, 7) is 4.89. The predicted octanol–water partition coefficient (Wildman–Crippen LogP) is 4.08. The summed E-state index contributed by atoms with van der Waals surface area (Å²) < 4.78 is 0. The molecule has 0 radical (unpaired) electrons. The van der Waals surface area contributed by atoms with Crippen LogP contribution in [0.2, 0.25) is 0 Å². The summed E-state index contributed by atoms with van der Waals surface area (Å²) in [6.07, 6.45) is 1.63. The molecule has 0 saturated heterocycles. The third-order valence-electron chi connectivity index (χ3n) is 3.46. The summed E-state index contributed by atoms with van der Waals surface area (Å²) in [5.41, 5.74) is 3.22. The van der Waals surface area contributed by atoms with Gasteiger partial charge in [-0.05, 0) is 43.7 Å². The zero-order chi connectivity index (χ0) is 16.1. The van der Waals surface area contributed by atoms with Crippen molar-refractivity contribution in [3.63, 3.8) is 0 Å². The molecule has 3 rings (SSSR count). The number of aromatic nitrogens is 3. The molecule has 0 atom stereocenters. The predicted molar refractivity (Wildman–Crippen MR) is 93.4 cm³/mol. The first-order chi connectivity index (χ1) is 11.3. The Morgan fingerprint density at radius 2 is 1.87 bits per heavy atom. The molecule has 1 heterocycles. The minimum Gasteiger partial charge on any atom is -0.339 e. The quantitative estimate of drug-likeness (QED) is 0.769. The molecule has 3 aromatic rings. The van der Waals surface area contributed by atoms with E-state index in [2.05, 4.69) is 46.5 Å². The van der Waals surface area contributed by atoms with Gasteiger partial charge in [-0.25, -0.2) is 0 Å². The molecular weight excluding hydrogens is 286 g/mol. The van der Waals surface area contributed by atoms with E-state index in [9.17, 15) is 0 Å². The molecule has 5 nitrogen and oxygen atoms in total. The molecule has 0 saturated carbocycles. The van der Waals surface area contributed by atoms with Gasteiger partial charge in [0, 0.05) is 17.9 Å². The number of hydrogen-bond donors (Lipinski definition) is 1. The van der Waals surface area contributed by atoms with Gasteiger partial charge >= 0.3 is 0 Å². The van der Waals surface area contributed by atoms with Gasteiger partial charge in [0.25, 0.3) is 5.95 Å². The number of rotatable bonds is 5. The number of anilines is 4. The molecule has 1 aromatic heterocycles. The molecule has 0 aliphatic rings. The Kier molecular flexibility index (Phi) is 4.47. The van der Waals surface area contributed by atoms with Gasteiger partial charge in [-0.1, -0.05) is 30.3 Å². The van der Waals surface area contributed by atoms with Crippen LogP contribution in [-0.4, -0.2) is 21.7 Å². The summed E-state index contributed by atoms with van der Waals surface area (Å²) in [7, 11) is 0. The fourth-order valence-corrected chi connectivity index (χ4v) is 2.39. The van der Waals surface area contributed by atoms with Gasteiger partial charge in [0.2, 0.25) is 0 Å². The van der Waals surface area contributed by atoms with Crippen LogP contribution in [-0.2, 0) is 0 Å². The van der Waals surface area contributed by atoms with E-state index in [0.717, 1.165) is 17.9 Å². The van der Waals surface area contributed by atoms with E-state index in [0.29, 0.717) is 11.8 Å². The highest BCUT2D eigenvalue weighted by Crippen LogP contribution is 2.22. The topological polar surface area (TPSA) is 53.9 Å². The molecule has 0 spiro atoms. The molecule has 0 aliphatic heterocycles. The first kappa shape index (κ1) is 15.0. The maximum absolute atomic E-state index is 4.59. The molecule has 0 aliphatic carbocycles. The van der Waals surface area contributed by atoms with E-state index in [-0.39, 0.29) is 0 Å². The first-order valence-electron chi connectivity index (χ1n) is 7.62. The smallest absolute Gasteiger partial charge is 0.251 e. The molecule has 0 fully saturated rings. The summed E-state index contributed by atoms with van der Waals surface area (Å²) in [4.78, 5) is 6.61. The zero-order valence-corrected chi connectivity index (χ0v) is 13.3. The van der Waals surface area contributed by atoms with Crippen molar-refractivity contribution in [2.45, 2.75) is 13.8 Å². The van der Waals surface area contributed by atoms with Crippen molar-refractivity contribution in [3.05, 3.63) is 66.4 Å². The standard InChI is InChI=1S/C18H19N5/c1-3-23(16-10-5-4-6-11-16)18-21-17(13-19-22-18)20-15-9-7-8-14(2)12-15/h4-13H,3H2,1-2H3,(H,20,21,22). The number of aryl methyl sites for hydroxylation is 1. The van der Waals surface area contributed by atoms with Crippen LogP contribution in [0.4, 0.5) is 23.1 Å². The number of nitrogens with one attached hydrogen (secondary N) is 1. The minimum absolute atomic E-state index is 0.580. The summed E-state index contributed by atoms with van der Waals surface area (Å²) >= 11 is 0. The highest BCUT2D eigenvalue weighted by molar-refractivity contribution is 5.60. The normalized spacial score (nSPS) is 10.3. The Bertz CT molecular complexity index is 773. The van der Waals surface area contributed by atoms with E-state index >= 15 is 0 Å². The van der Waals surface area contributed by atoms with E-state index in [1.807, 2.05) is 47.4 Å². The van der Waals surface area contributed by atoms with Gasteiger partial charge in [0.05, 0.1) is 6.20 Å². The van der Waals surface area contributed by atoms with Crippen LogP contribution in [0.15, 0.2) is 60.8 Å². The lowest BCUT2D eigenvalue weighted by Crippen LogP contribution is -2.19. The second kappa shape index (κ2) is 6.87. The molecule has 116 valence electrons. The number of nitrogens with zero attached hydrogens (tertiary/aromatic N) is 4. The Morgan fingerprint density at radius 3 is 2.61 bits per heavy atom. The Balaban J connectivity index is 1.87. The van der Waals surface area contributed by atoms with Crippen LogP contribution < -0.4 is 10.2 Å². The SMILES string of the molecule is CCN(c1ccccc1)c1nncc(Nc2cccc(C)c2)n1. The first-order valence-corrected chi connectivity index (χ1v) is 7.62. The summed E-state index contributed by atoms with van der Waals surface area (Å²) in [6, 6.07) is 18.2. The highest BCUT2D eigenvalue weighted by Gasteiger charge is 2.11. The lowest BCUT2D eigenvalue weighted by Gasteiger charge is -2.20. The van der Waals surface area contributed by atoms with Crippen LogP contribution in [0.25, 0.3) is 0 Å². The fraction of sp³-hybridized carbons (Fsp3) is 0.167. The maximum Gasteiger partial charge on any atom is 0.251 e. The molecular formula is C18H19N5. The van der Waals surface area contributed by atoms with Gasteiger partial charge in [-0.3, -0.25) is 0 Å². The van der Waals surface area contributed by atoms with Crippen LogP contribution in [0, 0.1) is 6.92 Å². The Hall–Kier alpha value is -2.95. The van der Waals surface area contributed by atoms with Crippen molar-refractivity contribution >= 4 is 23.1 Å². The minimum atomic E-state index is 0.580. The zero-order valence-electron chi connectivity index (χ0n) is 13.3. The largest absolute Gasteiger partial charge is 0.339 e. The Labute approximate surface area is 136 Å².